The van der Waals surface area contributed by atoms with Gasteiger partial charge in [-0.1, -0.05) is 18.2 Å². The molecular formula is C16H10N8. The first kappa shape index (κ1) is 12.8. The van der Waals surface area contributed by atoms with Gasteiger partial charge in [0.15, 0.2) is 17.1 Å². The summed E-state index contributed by atoms with van der Waals surface area (Å²) >= 11 is 0. The van der Waals surface area contributed by atoms with Crippen LogP contribution in [0.2, 0.25) is 0 Å². The summed E-state index contributed by atoms with van der Waals surface area (Å²) in [6, 6.07) is 9.85. The number of hydrogen-bond acceptors (Lipinski definition) is 6. The van der Waals surface area contributed by atoms with Gasteiger partial charge in [0.25, 0.3) is 0 Å². The minimum absolute atomic E-state index is 0.597. The van der Waals surface area contributed by atoms with Crippen LogP contribution in [-0.4, -0.2) is 39.3 Å². The molecule has 8 heteroatoms. The Morgan fingerprint density at radius 3 is 2.58 bits per heavy atom. The summed E-state index contributed by atoms with van der Waals surface area (Å²) in [5.41, 5.74) is 2.99. The lowest BCUT2D eigenvalue weighted by Gasteiger charge is -2.02. The highest BCUT2D eigenvalue weighted by Gasteiger charge is 2.15. The van der Waals surface area contributed by atoms with Crippen molar-refractivity contribution in [2.24, 2.45) is 0 Å². The fourth-order valence-electron chi connectivity index (χ4n) is 2.67. The second kappa shape index (κ2) is 4.92. The fourth-order valence-corrected chi connectivity index (χ4v) is 2.67. The number of nitrogens with zero attached hydrogens (tertiary/aromatic N) is 8. The molecule has 0 saturated heterocycles. The van der Waals surface area contributed by atoms with E-state index in [4.69, 9.17) is 0 Å². The zero-order valence-corrected chi connectivity index (χ0v) is 12.4. The summed E-state index contributed by atoms with van der Waals surface area (Å²) in [6.07, 6.45) is 8.32. The lowest BCUT2D eigenvalue weighted by Crippen LogP contribution is -1.99. The van der Waals surface area contributed by atoms with Gasteiger partial charge in [0.1, 0.15) is 12.0 Å². The van der Waals surface area contributed by atoms with Crippen LogP contribution in [-0.2, 0) is 0 Å². The largest absolute Gasteiger partial charge is 0.263 e. The van der Waals surface area contributed by atoms with E-state index in [0.29, 0.717) is 17.2 Å². The van der Waals surface area contributed by atoms with Crippen LogP contribution in [0.1, 0.15) is 0 Å². The Kier molecular flexibility index (Phi) is 2.63. The van der Waals surface area contributed by atoms with Gasteiger partial charge in [-0.15, -0.1) is 10.2 Å². The molecule has 0 fully saturated rings. The Bertz CT molecular complexity index is 1050. The van der Waals surface area contributed by atoms with E-state index in [2.05, 4.69) is 30.2 Å². The van der Waals surface area contributed by atoms with Crippen LogP contribution in [0, 0.1) is 0 Å². The Morgan fingerprint density at radius 2 is 1.75 bits per heavy atom. The smallest absolute Gasteiger partial charge is 0.189 e. The number of para-hydroxylation sites is 1. The average Bonchev–Trinajstić information content (AvgIpc) is 3.27. The van der Waals surface area contributed by atoms with Crippen molar-refractivity contribution in [3.05, 3.63) is 61.4 Å². The van der Waals surface area contributed by atoms with Crippen molar-refractivity contribution in [3.63, 3.8) is 0 Å². The van der Waals surface area contributed by atoms with Gasteiger partial charge in [-0.2, -0.15) is 5.10 Å². The number of fused-ring (bicyclic) bond motifs is 3. The second-order valence-corrected chi connectivity index (χ2v) is 5.18. The van der Waals surface area contributed by atoms with Crippen molar-refractivity contribution in [2.45, 2.75) is 0 Å². The Labute approximate surface area is 135 Å². The van der Waals surface area contributed by atoms with E-state index in [0.717, 1.165) is 16.7 Å². The predicted octanol–water partition coefficient (Wildman–Crippen LogP) is 1.92. The molecule has 0 bridgehead atoms. The molecule has 5 rings (SSSR count). The Balaban J connectivity index is 1.76. The normalized spacial score (nSPS) is 11.3. The third-order valence-corrected chi connectivity index (χ3v) is 3.77. The molecule has 0 radical (unpaired) electrons. The van der Waals surface area contributed by atoms with Gasteiger partial charge in [-0.25, -0.2) is 14.6 Å². The van der Waals surface area contributed by atoms with E-state index in [1.165, 1.54) is 0 Å². The van der Waals surface area contributed by atoms with Crippen LogP contribution in [0.25, 0.3) is 33.9 Å². The fraction of sp³-hybridized carbons (Fsp3) is 0. The first-order chi connectivity index (χ1) is 11.9. The molecule has 0 atom stereocenters. The summed E-state index contributed by atoms with van der Waals surface area (Å²) in [7, 11) is 0. The van der Waals surface area contributed by atoms with Gasteiger partial charge in [0.05, 0.1) is 23.5 Å². The minimum atomic E-state index is 0.597. The van der Waals surface area contributed by atoms with Crippen molar-refractivity contribution in [2.75, 3.05) is 0 Å². The topological polar surface area (TPSA) is 86.7 Å². The lowest BCUT2D eigenvalue weighted by atomic mass is 10.3. The van der Waals surface area contributed by atoms with Crippen LogP contribution in [0.3, 0.4) is 0 Å². The van der Waals surface area contributed by atoms with Crippen molar-refractivity contribution in [1.29, 1.82) is 0 Å². The first-order valence-corrected chi connectivity index (χ1v) is 7.31. The number of benzene rings is 1. The molecular weight excluding hydrogens is 304 g/mol. The molecule has 4 aromatic heterocycles. The summed E-state index contributed by atoms with van der Waals surface area (Å²) in [4.78, 5) is 12.9. The van der Waals surface area contributed by atoms with Crippen LogP contribution >= 0.6 is 0 Å². The molecule has 1 aromatic carbocycles. The van der Waals surface area contributed by atoms with Gasteiger partial charge in [-0.05, 0) is 12.1 Å². The van der Waals surface area contributed by atoms with Crippen molar-refractivity contribution >= 4 is 16.7 Å². The average molecular weight is 314 g/mol. The van der Waals surface area contributed by atoms with Crippen molar-refractivity contribution in [1.82, 2.24) is 39.3 Å². The molecule has 114 valence electrons. The van der Waals surface area contributed by atoms with E-state index in [1.54, 1.807) is 40.2 Å². The summed E-state index contributed by atoms with van der Waals surface area (Å²) in [5.74, 6) is 0.597. The maximum absolute atomic E-state index is 4.54. The van der Waals surface area contributed by atoms with Crippen molar-refractivity contribution in [3.8, 4) is 17.2 Å². The van der Waals surface area contributed by atoms with Gasteiger partial charge in [0, 0.05) is 12.4 Å². The van der Waals surface area contributed by atoms with Gasteiger partial charge in [0.2, 0.25) is 0 Å². The van der Waals surface area contributed by atoms with Crippen LogP contribution in [0.15, 0.2) is 61.4 Å². The molecule has 0 amide bonds. The van der Waals surface area contributed by atoms with E-state index < -0.39 is 0 Å². The number of hydrogen-bond donors (Lipinski definition) is 0. The minimum Gasteiger partial charge on any atom is -0.263 e. The summed E-state index contributed by atoms with van der Waals surface area (Å²) in [6.45, 7) is 0. The van der Waals surface area contributed by atoms with Gasteiger partial charge in [-0.3, -0.25) is 9.38 Å². The highest BCUT2D eigenvalue weighted by molar-refractivity contribution is 5.90. The molecule has 0 N–H and O–H groups in total. The highest BCUT2D eigenvalue weighted by atomic mass is 15.3. The van der Waals surface area contributed by atoms with E-state index in [-0.39, 0.29) is 0 Å². The number of rotatable bonds is 2. The van der Waals surface area contributed by atoms with Crippen molar-refractivity contribution < 1.29 is 0 Å². The quantitative estimate of drug-likeness (QED) is 0.495. The molecule has 5 aromatic rings. The maximum atomic E-state index is 4.54. The summed E-state index contributed by atoms with van der Waals surface area (Å²) < 4.78 is 3.58. The van der Waals surface area contributed by atoms with E-state index in [1.807, 2.05) is 30.3 Å². The Morgan fingerprint density at radius 1 is 0.833 bits per heavy atom. The van der Waals surface area contributed by atoms with E-state index >= 15 is 0 Å². The molecule has 0 spiro atoms. The molecule has 4 heterocycles. The Hall–Kier alpha value is -3.68. The highest BCUT2D eigenvalue weighted by Crippen LogP contribution is 2.22. The third-order valence-electron chi connectivity index (χ3n) is 3.77. The predicted molar refractivity (Wildman–Crippen MR) is 86.4 cm³/mol. The summed E-state index contributed by atoms with van der Waals surface area (Å²) in [5, 5.41) is 13.8. The molecule has 0 unspecified atom stereocenters. The zero-order valence-electron chi connectivity index (χ0n) is 12.4. The van der Waals surface area contributed by atoms with Crippen LogP contribution in [0.5, 0.6) is 0 Å². The van der Waals surface area contributed by atoms with Gasteiger partial charge >= 0.3 is 0 Å². The third kappa shape index (κ3) is 1.80. The monoisotopic (exact) mass is 314 g/mol. The second-order valence-electron chi connectivity index (χ2n) is 5.18. The molecule has 0 saturated carbocycles. The maximum Gasteiger partial charge on any atom is 0.189 e. The van der Waals surface area contributed by atoms with Gasteiger partial charge < -0.3 is 0 Å². The zero-order chi connectivity index (χ0) is 15.9. The molecule has 0 aliphatic carbocycles. The molecule has 0 aliphatic heterocycles. The molecule has 8 nitrogen and oxygen atoms in total. The standard InChI is InChI=1S/C16H10N8/c1-2-4-11(5-3-1)24-14-12(8-20-24)15-21-22-16(23(15)10-19-14)13-9-17-6-7-18-13/h1-10H. The first-order valence-electron chi connectivity index (χ1n) is 7.31. The van der Waals surface area contributed by atoms with Crippen LogP contribution < -0.4 is 0 Å². The molecule has 24 heavy (non-hydrogen) atoms. The SMILES string of the molecule is c1ccc(-n2ncc3c2ncn2c(-c4cnccn4)nnc32)cc1. The lowest BCUT2D eigenvalue weighted by molar-refractivity contribution is 0.893. The molecule has 0 aliphatic rings. The van der Waals surface area contributed by atoms with Crippen LogP contribution in [0.4, 0.5) is 0 Å². The number of aromatic nitrogens is 8. The van der Waals surface area contributed by atoms with E-state index in [9.17, 15) is 0 Å².